The molecule has 0 unspecified atom stereocenters. The molecule has 0 spiro atoms. The maximum Gasteiger partial charge on any atom is 0.337 e. The smallest absolute Gasteiger partial charge is 0.337 e. The molecule has 0 radical (unpaired) electrons. The Balaban J connectivity index is 1.85. The summed E-state index contributed by atoms with van der Waals surface area (Å²) < 4.78 is 5.14. The molecular weight excluding hydrogens is 354 g/mol. The molecule has 1 amide bonds. The van der Waals surface area contributed by atoms with Crippen LogP contribution in [0.2, 0.25) is 0 Å². The molecule has 0 aliphatic carbocycles. The van der Waals surface area contributed by atoms with Crippen LogP contribution in [0.5, 0.6) is 5.75 Å². The molecule has 0 fully saturated rings. The van der Waals surface area contributed by atoms with Gasteiger partial charge in [-0.1, -0.05) is 48.6 Å². The van der Waals surface area contributed by atoms with E-state index in [0.717, 1.165) is 16.9 Å². The average molecular weight is 373 g/mol. The number of carbonyl (C=O) groups is 2. The third-order valence-corrected chi connectivity index (χ3v) is 4.14. The number of hydrogen-bond acceptors (Lipinski definition) is 3. The Bertz CT molecular complexity index is 1010. The monoisotopic (exact) mass is 373 g/mol. The first kappa shape index (κ1) is 18.9. The Morgan fingerprint density at radius 1 is 0.893 bits per heavy atom. The van der Waals surface area contributed by atoms with Gasteiger partial charge in [-0.05, 0) is 47.5 Å². The number of hydrogen-bond donors (Lipinski definition) is 2. The predicted octanol–water partition coefficient (Wildman–Crippen LogP) is 4.82. The number of carboxylic acids is 1. The molecule has 140 valence electrons. The van der Waals surface area contributed by atoms with E-state index in [1.165, 1.54) is 6.07 Å². The lowest BCUT2D eigenvalue weighted by molar-refractivity contribution is 0.0698. The lowest BCUT2D eigenvalue weighted by atomic mass is 10.1. The summed E-state index contributed by atoms with van der Waals surface area (Å²) in [7, 11) is 1.61. The van der Waals surface area contributed by atoms with Crippen LogP contribution in [0.25, 0.3) is 12.2 Å². The van der Waals surface area contributed by atoms with Crippen molar-refractivity contribution in [2.75, 3.05) is 12.4 Å². The number of methoxy groups -OCH3 is 1. The van der Waals surface area contributed by atoms with Crippen molar-refractivity contribution in [1.82, 2.24) is 0 Å². The van der Waals surface area contributed by atoms with E-state index in [4.69, 9.17) is 4.74 Å². The van der Waals surface area contributed by atoms with Crippen LogP contribution in [0, 0.1) is 0 Å². The van der Waals surface area contributed by atoms with Gasteiger partial charge in [0.15, 0.2) is 0 Å². The van der Waals surface area contributed by atoms with Crippen molar-refractivity contribution >= 4 is 29.7 Å². The molecule has 0 aromatic heterocycles. The van der Waals surface area contributed by atoms with Crippen molar-refractivity contribution in [1.29, 1.82) is 0 Å². The van der Waals surface area contributed by atoms with E-state index in [2.05, 4.69) is 5.32 Å². The lowest BCUT2D eigenvalue weighted by Gasteiger charge is -2.10. The second-order valence-corrected chi connectivity index (χ2v) is 6.04. The van der Waals surface area contributed by atoms with Crippen LogP contribution < -0.4 is 10.1 Å². The van der Waals surface area contributed by atoms with Crippen LogP contribution in [-0.4, -0.2) is 24.1 Å². The molecule has 2 N–H and O–H groups in total. The van der Waals surface area contributed by atoms with E-state index in [1.54, 1.807) is 43.5 Å². The highest BCUT2D eigenvalue weighted by Crippen LogP contribution is 2.21. The van der Waals surface area contributed by atoms with Gasteiger partial charge in [0.25, 0.3) is 5.91 Å². The summed E-state index contributed by atoms with van der Waals surface area (Å²) >= 11 is 0. The van der Waals surface area contributed by atoms with Crippen molar-refractivity contribution in [3.05, 3.63) is 95.1 Å². The quantitative estimate of drug-likeness (QED) is 0.608. The van der Waals surface area contributed by atoms with Crippen molar-refractivity contribution in [2.45, 2.75) is 0 Å². The number of carbonyl (C=O) groups excluding carboxylic acids is 1. The number of rotatable bonds is 6. The van der Waals surface area contributed by atoms with Crippen LogP contribution >= 0.6 is 0 Å². The second-order valence-electron chi connectivity index (χ2n) is 6.04. The van der Waals surface area contributed by atoms with Gasteiger partial charge in [-0.25, -0.2) is 4.79 Å². The maximum atomic E-state index is 12.4. The van der Waals surface area contributed by atoms with Crippen molar-refractivity contribution in [2.24, 2.45) is 0 Å². The van der Waals surface area contributed by atoms with Crippen molar-refractivity contribution in [3.63, 3.8) is 0 Å². The molecular formula is C23H19NO4. The second kappa shape index (κ2) is 8.68. The first-order chi connectivity index (χ1) is 13.6. The number of benzene rings is 3. The van der Waals surface area contributed by atoms with Gasteiger partial charge in [0.2, 0.25) is 0 Å². The summed E-state index contributed by atoms with van der Waals surface area (Å²) in [4.78, 5) is 23.9. The van der Waals surface area contributed by atoms with Gasteiger partial charge < -0.3 is 15.2 Å². The molecule has 0 saturated heterocycles. The fourth-order valence-electron chi connectivity index (χ4n) is 2.65. The van der Waals surface area contributed by atoms with E-state index in [9.17, 15) is 14.7 Å². The Hall–Kier alpha value is -3.86. The Kier molecular flexibility index (Phi) is 5.87. The Morgan fingerprint density at radius 2 is 1.54 bits per heavy atom. The van der Waals surface area contributed by atoms with Gasteiger partial charge in [0.1, 0.15) is 5.75 Å². The summed E-state index contributed by atoms with van der Waals surface area (Å²) in [6.07, 6.45) is 3.75. The molecule has 5 heteroatoms. The SMILES string of the molecule is COc1ccc(/C=C/c2ccc(C(=O)O)c(NC(=O)c3ccccc3)c2)cc1. The zero-order valence-corrected chi connectivity index (χ0v) is 15.3. The molecule has 5 nitrogen and oxygen atoms in total. The highest BCUT2D eigenvalue weighted by Gasteiger charge is 2.13. The van der Waals surface area contributed by atoms with E-state index in [0.29, 0.717) is 5.56 Å². The largest absolute Gasteiger partial charge is 0.497 e. The van der Waals surface area contributed by atoms with Gasteiger partial charge >= 0.3 is 5.97 Å². The van der Waals surface area contributed by atoms with Gasteiger partial charge in [0, 0.05) is 5.56 Å². The third kappa shape index (κ3) is 4.65. The topological polar surface area (TPSA) is 75.6 Å². The summed E-state index contributed by atoms with van der Waals surface area (Å²) in [6.45, 7) is 0. The van der Waals surface area contributed by atoms with Crippen molar-refractivity contribution in [3.8, 4) is 5.75 Å². The molecule has 0 aliphatic rings. The Labute approximate surface area is 162 Å². The van der Waals surface area contributed by atoms with Crippen LogP contribution in [-0.2, 0) is 0 Å². The number of anilines is 1. The molecule has 0 saturated carbocycles. The average Bonchev–Trinajstić information content (AvgIpc) is 2.73. The van der Waals surface area contributed by atoms with Crippen LogP contribution in [0.3, 0.4) is 0 Å². The van der Waals surface area contributed by atoms with Crippen LogP contribution in [0.4, 0.5) is 5.69 Å². The van der Waals surface area contributed by atoms with Gasteiger partial charge in [0.05, 0.1) is 18.4 Å². The van der Waals surface area contributed by atoms with Crippen molar-refractivity contribution < 1.29 is 19.4 Å². The highest BCUT2D eigenvalue weighted by atomic mass is 16.5. The molecule has 0 atom stereocenters. The van der Waals surface area contributed by atoms with Crippen LogP contribution in [0.15, 0.2) is 72.8 Å². The number of amides is 1. The molecule has 3 rings (SSSR count). The number of nitrogens with one attached hydrogen (secondary N) is 1. The van der Waals surface area contributed by atoms with E-state index in [-0.39, 0.29) is 17.2 Å². The van der Waals surface area contributed by atoms with Gasteiger partial charge in [-0.15, -0.1) is 0 Å². The minimum atomic E-state index is -1.10. The first-order valence-corrected chi connectivity index (χ1v) is 8.62. The fourth-order valence-corrected chi connectivity index (χ4v) is 2.65. The number of aromatic carboxylic acids is 1. The van der Waals surface area contributed by atoms with E-state index >= 15 is 0 Å². The number of carboxylic acid groups (broad SMARTS) is 1. The normalized spacial score (nSPS) is 10.6. The molecule has 3 aromatic carbocycles. The Morgan fingerprint density at radius 3 is 2.18 bits per heavy atom. The predicted molar refractivity (Wildman–Crippen MR) is 110 cm³/mol. The van der Waals surface area contributed by atoms with Gasteiger partial charge in [-0.2, -0.15) is 0 Å². The summed E-state index contributed by atoms with van der Waals surface area (Å²) in [5.74, 6) is -0.692. The fraction of sp³-hybridized carbons (Fsp3) is 0.0435. The number of ether oxygens (including phenoxy) is 1. The molecule has 0 aliphatic heterocycles. The highest BCUT2D eigenvalue weighted by molar-refractivity contribution is 6.08. The molecule has 28 heavy (non-hydrogen) atoms. The molecule has 0 bridgehead atoms. The summed E-state index contributed by atoms with van der Waals surface area (Å²) in [5.41, 5.74) is 2.48. The summed E-state index contributed by atoms with van der Waals surface area (Å²) in [6, 6.07) is 21.0. The molecule has 3 aromatic rings. The van der Waals surface area contributed by atoms with E-state index < -0.39 is 5.97 Å². The molecule has 0 heterocycles. The van der Waals surface area contributed by atoms with E-state index in [1.807, 2.05) is 42.5 Å². The van der Waals surface area contributed by atoms with Crippen LogP contribution in [0.1, 0.15) is 31.8 Å². The third-order valence-electron chi connectivity index (χ3n) is 4.14. The zero-order chi connectivity index (χ0) is 19.9. The first-order valence-electron chi connectivity index (χ1n) is 8.62. The minimum absolute atomic E-state index is 0.0332. The minimum Gasteiger partial charge on any atom is -0.497 e. The summed E-state index contributed by atoms with van der Waals surface area (Å²) in [5, 5.41) is 12.1. The van der Waals surface area contributed by atoms with Gasteiger partial charge in [-0.3, -0.25) is 4.79 Å². The lowest BCUT2D eigenvalue weighted by Crippen LogP contribution is -2.14. The standard InChI is InChI=1S/C23H19NO4/c1-28-19-12-9-16(10-13-19)7-8-17-11-14-20(23(26)27)21(15-17)24-22(25)18-5-3-2-4-6-18/h2-15H,1H3,(H,24,25)(H,26,27)/b8-7+. The maximum absolute atomic E-state index is 12.4. The zero-order valence-electron chi connectivity index (χ0n) is 15.3.